The van der Waals surface area contributed by atoms with Crippen molar-refractivity contribution in [2.45, 2.75) is 23.1 Å². The number of hydrogen-bond acceptors (Lipinski definition) is 9. The molecule has 0 aliphatic rings. The number of oxime groups is 1. The Morgan fingerprint density at radius 2 is 1.56 bits per heavy atom. The van der Waals surface area contributed by atoms with E-state index in [1.165, 1.54) is 43.4 Å². The van der Waals surface area contributed by atoms with Crippen molar-refractivity contribution in [1.82, 2.24) is 9.21 Å². The number of hydrogen-bond donors (Lipinski definition) is 2. The first-order valence-electron chi connectivity index (χ1n) is 10.9. The lowest BCUT2D eigenvalue weighted by molar-refractivity contribution is 0.127. The first-order chi connectivity index (χ1) is 16.8. The maximum Gasteiger partial charge on any atom is 0.340 e. The van der Waals surface area contributed by atoms with Crippen LogP contribution >= 0.6 is 0 Å². The summed E-state index contributed by atoms with van der Waals surface area (Å²) in [7, 11) is -3.57. The van der Waals surface area contributed by atoms with Crippen molar-refractivity contribution >= 4 is 26.1 Å². The summed E-state index contributed by atoms with van der Waals surface area (Å²) in [5.74, 6) is 0.161. The number of guanidine groups is 1. The molecule has 4 N–H and O–H groups in total. The maximum atomic E-state index is 13.2. The van der Waals surface area contributed by atoms with E-state index in [1.807, 2.05) is 19.0 Å². The number of aryl methyl sites for hydroxylation is 1. The average molecular weight is 544 g/mol. The highest BCUT2D eigenvalue weighted by molar-refractivity contribution is 7.91. The van der Waals surface area contributed by atoms with Crippen molar-refractivity contribution < 1.29 is 30.6 Å². The Morgan fingerprint density at radius 3 is 2.19 bits per heavy atom. The molecule has 2 aromatic rings. The molecular formula is C22H33N5O7S2. The van der Waals surface area contributed by atoms with Gasteiger partial charge in [0.15, 0.2) is 0 Å². The van der Waals surface area contributed by atoms with Crippen molar-refractivity contribution in [3.05, 3.63) is 48.0 Å². The molecule has 0 unspecified atom stereocenters. The third-order valence-electron chi connectivity index (χ3n) is 4.72. The molecule has 0 atom stereocenters. The second-order valence-corrected chi connectivity index (χ2v) is 11.7. The number of benzene rings is 2. The molecule has 0 amide bonds. The summed E-state index contributed by atoms with van der Waals surface area (Å²) in [5, 5.41) is 3.40. The zero-order chi connectivity index (χ0) is 26.9. The van der Waals surface area contributed by atoms with Crippen LogP contribution in [0, 0.1) is 6.92 Å². The van der Waals surface area contributed by atoms with E-state index in [-0.39, 0.29) is 36.4 Å². The molecule has 0 radical (unpaired) electrons. The van der Waals surface area contributed by atoms with Crippen molar-refractivity contribution in [3.63, 3.8) is 0 Å². The first-order valence-corrected chi connectivity index (χ1v) is 13.8. The van der Waals surface area contributed by atoms with Gasteiger partial charge in [-0.1, -0.05) is 12.1 Å². The van der Waals surface area contributed by atoms with Crippen molar-refractivity contribution in [2.75, 3.05) is 47.4 Å². The molecule has 0 heterocycles. The normalized spacial score (nSPS) is 11.9. The fraction of sp³-hybridized carbons (Fsp3) is 0.409. The molecule has 0 saturated heterocycles. The molecule has 0 spiro atoms. The van der Waals surface area contributed by atoms with E-state index in [0.717, 1.165) is 4.31 Å². The Bertz CT molecular complexity index is 1260. The van der Waals surface area contributed by atoms with Gasteiger partial charge in [0.1, 0.15) is 27.9 Å². The summed E-state index contributed by atoms with van der Waals surface area (Å²) in [6.07, 6.45) is 0.464. The molecule has 0 aliphatic carbocycles. The summed E-state index contributed by atoms with van der Waals surface area (Å²) in [6.45, 7) is 2.85. The minimum atomic E-state index is -4.50. The summed E-state index contributed by atoms with van der Waals surface area (Å²) < 4.78 is 64.7. The molecule has 0 bridgehead atoms. The highest BCUT2D eigenvalue weighted by Crippen LogP contribution is 2.29. The minimum absolute atomic E-state index is 0.0186. The van der Waals surface area contributed by atoms with E-state index in [1.54, 1.807) is 13.0 Å². The van der Waals surface area contributed by atoms with E-state index in [4.69, 9.17) is 25.2 Å². The second-order valence-electron chi connectivity index (χ2n) is 8.15. The lowest BCUT2D eigenvalue weighted by Crippen LogP contribution is -2.34. The van der Waals surface area contributed by atoms with Gasteiger partial charge in [-0.15, -0.1) is 0 Å². The first kappa shape index (κ1) is 29.2. The maximum absolute atomic E-state index is 13.2. The lowest BCUT2D eigenvalue weighted by atomic mass is 10.2. The monoisotopic (exact) mass is 543 g/mol. The smallest absolute Gasteiger partial charge is 0.340 e. The van der Waals surface area contributed by atoms with Gasteiger partial charge in [-0.25, -0.2) is 8.42 Å². The van der Waals surface area contributed by atoms with E-state index in [9.17, 15) is 16.8 Å². The highest BCUT2D eigenvalue weighted by atomic mass is 32.2. The number of ether oxygens (including phenoxy) is 1. The molecule has 2 rings (SSSR count). The fourth-order valence-corrected chi connectivity index (χ4v) is 5.80. The van der Waals surface area contributed by atoms with Gasteiger partial charge in [0.25, 0.3) is 0 Å². The van der Waals surface area contributed by atoms with Crippen LogP contribution in [0.5, 0.6) is 11.5 Å². The zero-order valence-corrected chi connectivity index (χ0v) is 22.4. The third kappa shape index (κ3) is 8.55. The summed E-state index contributed by atoms with van der Waals surface area (Å²) in [5.41, 5.74) is 11.0. The fourth-order valence-electron chi connectivity index (χ4n) is 2.95. The molecule has 0 fully saturated rings. The molecule has 0 saturated carbocycles. The van der Waals surface area contributed by atoms with E-state index in [0.29, 0.717) is 24.3 Å². The van der Waals surface area contributed by atoms with Crippen LogP contribution in [0.2, 0.25) is 0 Å². The zero-order valence-electron chi connectivity index (χ0n) is 20.7. The number of rotatable bonds is 14. The highest BCUT2D eigenvalue weighted by Gasteiger charge is 2.30. The molecule has 14 heteroatoms. The predicted octanol–water partition coefficient (Wildman–Crippen LogP) is 0.919. The summed E-state index contributed by atoms with van der Waals surface area (Å²) in [6, 6.07) is 9.95. The van der Waals surface area contributed by atoms with Crippen molar-refractivity contribution in [3.8, 4) is 11.5 Å². The van der Waals surface area contributed by atoms with Gasteiger partial charge in [0, 0.05) is 32.6 Å². The average Bonchev–Trinajstić information content (AvgIpc) is 2.78. The molecule has 0 aliphatic heterocycles. The minimum Gasteiger partial charge on any atom is -0.493 e. The van der Waals surface area contributed by atoms with Crippen LogP contribution in [0.1, 0.15) is 12.0 Å². The number of nitrogens with two attached hydrogens (primary N) is 2. The molecule has 2 aromatic carbocycles. The standard InChI is InChI=1S/C22H33N5O7S2/c1-17-14-18(32-12-7-13-33-25-22(23)24)16-19(15-17)34-36(30,31)21-9-6-5-8-20(21)35(28,29)27(4)11-10-26(2)3/h5-6,8-9,14-16H,7,10-13H2,1-4H3,(H4,23,24,25). The Labute approximate surface area is 212 Å². The van der Waals surface area contributed by atoms with Gasteiger partial charge >= 0.3 is 10.1 Å². The Kier molecular flexibility index (Phi) is 10.3. The van der Waals surface area contributed by atoms with Crippen LogP contribution < -0.4 is 20.4 Å². The number of nitrogens with zero attached hydrogens (tertiary/aromatic N) is 3. The van der Waals surface area contributed by atoms with Gasteiger partial charge in [0.05, 0.1) is 6.61 Å². The van der Waals surface area contributed by atoms with Gasteiger partial charge in [0.2, 0.25) is 16.0 Å². The number of likely N-dealkylation sites (N-methyl/N-ethyl adjacent to an activating group) is 2. The molecule has 36 heavy (non-hydrogen) atoms. The molecule has 12 nitrogen and oxygen atoms in total. The Morgan fingerprint density at radius 1 is 0.917 bits per heavy atom. The van der Waals surface area contributed by atoms with Gasteiger partial charge in [-0.05, 0) is 56.0 Å². The van der Waals surface area contributed by atoms with Crippen LogP contribution in [-0.4, -0.2) is 79.4 Å². The molecule has 0 aromatic heterocycles. The van der Waals surface area contributed by atoms with Gasteiger partial charge < -0.3 is 30.1 Å². The van der Waals surface area contributed by atoms with E-state index >= 15 is 0 Å². The van der Waals surface area contributed by atoms with Crippen LogP contribution in [0.15, 0.2) is 57.4 Å². The predicted molar refractivity (Wildman–Crippen MR) is 136 cm³/mol. The van der Waals surface area contributed by atoms with E-state index in [2.05, 4.69) is 5.16 Å². The van der Waals surface area contributed by atoms with Crippen LogP contribution in [0.3, 0.4) is 0 Å². The van der Waals surface area contributed by atoms with Crippen LogP contribution in [-0.2, 0) is 25.0 Å². The Balaban J connectivity index is 2.22. The molecular weight excluding hydrogens is 510 g/mol. The van der Waals surface area contributed by atoms with Gasteiger partial charge in [-0.2, -0.15) is 12.7 Å². The summed E-state index contributed by atoms with van der Waals surface area (Å²) >= 11 is 0. The van der Waals surface area contributed by atoms with Crippen molar-refractivity contribution in [2.24, 2.45) is 16.6 Å². The van der Waals surface area contributed by atoms with E-state index < -0.39 is 25.0 Å². The number of sulfonamides is 1. The van der Waals surface area contributed by atoms with Crippen LogP contribution in [0.4, 0.5) is 0 Å². The lowest BCUT2D eigenvalue weighted by Gasteiger charge is -2.21. The van der Waals surface area contributed by atoms with Crippen LogP contribution in [0.25, 0.3) is 0 Å². The Hall–Kier alpha value is -3.07. The quantitative estimate of drug-likeness (QED) is 0.115. The topological polar surface area (TPSA) is 167 Å². The van der Waals surface area contributed by atoms with Crippen molar-refractivity contribution in [1.29, 1.82) is 0 Å². The molecule has 200 valence electrons. The summed E-state index contributed by atoms with van der Waals surface area (Å²) in [4.78, 5) is 5.88. The SMILES string of the molecule is Cc1cc(OCCCON=C(N)N)cc(OS(=O)(=O)c2ccccc2S(=O)(=O)N(C)CCN(C)C)c1. The second kappa shape index (κ2) is 12.8. The largest absolute Gasteiger partial charge is 0.493 e. The third-order valence-corrected chi connectivity index (χ3v) is 8.07. The van der Waals surface area contributed by atoms with Gasteiger partial charge in [-0.3, -0.25) is 0 Å².